The standard InChI is InChI=1S/C13H11ClN2O3S/c14-11-4-6-13(7-5-11)20(18,19)16-15-9-10-2-1-3-12(17)8-10/h1-9,16-17H. The highest BCUT2D eigenvalue weighted by Gasteiger charge is 2.11. The molecule has 0 fully saturated rings. The maximum absolute atomic E-state index is 11.9. The van der Waals surface area contributed by atoms with Gasteiger partial charge >= 0.3 is 0 Å². The van der Waals surface area contributed by atoms with Gasteiger partial charge in [-0.15, -0.1) is 0 Å². The quantitative estimate of drug-likeness (QED) is 0.672. The average Bonchev–Trinajstić information content (AvgIpc) is 2.39. The second-order valence-corrected chi connectivity index (χ2v) is 6.00. The molecule has 0 saturated heterocycles. The van der Waals surface area contributed by atoms with Crippen LogP contribution in [0.4, 0.5) is 0 Å². The van der Waals surface area contributed by atoms with Gasteiger partial charge in [0.05, 0.1) is 11.1 Å². The average molecular weight is 311 g/mol. The molecule has 7 heteroatoms. The van der Waals surface area contributed by atoms with Gasteiger partial charge in [-0.05, 0) is 42.0 Å². The lowest BCUT2D eigenvalue weighted by Gasteiger charge is -2.03. The summed E-state index contributed by atoms with van der Waals surface area (Å²) in [7, 11) is -3.73. The largest absolute Gasteiger partial charge is 0.508 e. The Hall–Kier alpha value is -2.05. The molecule has 0 saturated carbocycles. The summed E-state index contributed by atoms with van der Waals surface area (Å²) >= 11 is 5.69. The van der Waals surface area contributed by atoms with E-state index in [1.807, 2.05) is 0 Å². The maximum Gasteiger partial charge on any atom is 0.276 e. The van der Waals surface area contributed by atoms with Crippen LogP contribution in [-0.4, -0.2) is 19.7 Å². The lowest BCUT2D eigenvalue weighted by Crippen LogP contribution is -2.18. The number of hydrogen-bond donors (Lipinski definition) is 2. The van der Waals surface area contributed by atoms with Gasteiger partial charge in [0.2, 0.25) is 0 Å². The molecule has 2 rings (SSSR count). The second-order valence-electron chi connectivity index (χ2n) is 3.90. The van der Waals surface area contributed by atoms with Crippen LogP contribution in [0.5, 0.6) is 5.75 Å². The lowest BCUT2D eigenvalue weighted by molar-refractivity contribution is 0.475. The summed E-state index contributed by atoms with van der Waals surface area (Å²) in [5, 5.41) is 13.4. The summed E-state index contributed by atoms with van der Waals surface area (Å²) in [6.07, 6.45) is 1.30. The first kappa shape index (κ1) is 14.4. The van der Waals surface area contributed by atoms with E-state index in [2.05, 4.69) is 9.93 Å². The van der Waals surface area contributed by atoms with E-state index >= 15 is 0 Å². The minimum absolute atomic E-state index is 0.0648. The molecular formula is C13H11ClN2O3S. The molecule has 2 N–H and O–H groups in total. The molecule has 0 amide bonds. The lowest BCUT2D eigenvalue weighted by atomic mass is 10.2. The molecule has 0 unspecified atom stereocenters. The first-order valence-electron chi connectivity index (χ1n) is 5.57. The second kappa shape index (κ2) is 5.94. The van der Waals surface area contributed by atoms with Crippen molar-refractivity contribution >= 4 is 27.8 Å². The van der Waals surface area contributed by atoms with Gasteiger partial charge in [-0.3, -0.25) is 0 Å². The van der Waals surface area contributed by atoms with E-state index < -0.39 is 10.0 Å². The molecule has 0 radical (unpaired) electrons. The van der Waals surface area contributed by atoms with E-state index in [0.29, 0.717) is 10.6 Å². The molecule has 0 aliphatic rings. The number of phenols is 1. The maximum atomic E-state index is 11.9. The molecule has 0 aliphatic heterocycles. The van der Waals surface area contributed by atoms with Gasteiger partial charge in [0, 0.05) is 5.02 Å². The van der Waals surface area contributed by atoms with Crippen LogP contribution in [0.2, 0.25) is 5.02 Å². The topological polar surface area (TPSA) is 78.8 Å². The fourth-order valence-electron chi connectivity index (χ4n) is 1.44. The van der Waals surface area contributed by atoms with Crippen molar-refractivity contribution in [3.8, 4) is 5.75 Å². The summed E-state index contributed by atoms with van der Waals surface area (Å²) in [6, 6.07) is 12.0. The van der Waals surface area contributed by atoms with Crippen molar-refractivity contribution in [2.24, 2.45) is 5.10 Å². The number of aromatic hydroxyl groups is 1. The van der Waals surface area contributed by atoms with E-state index in [-0.39, 0.29) is 10.6 Å². The van der Waals surface area contributed by atoms with Crippen LogP contribution in [0.25, 0.3) is 0 Å². The van der Waals surface area contributed by atoms with Gasteiger partial charge in [0.1, 0.15) is 5.75 Å². The van der Waals surface area contributed by atoms with Gasteiger partial charge in [0.25, 0.3) is 10.0 Å². The Morgan fingerprint density at radius 1 is 1.15 bits per heavy atom. The number of rotatable bonds is 4. The number of hydrazone groups is 1. The van der Waals surface area contributed by atoms with Crippen LogP contribution in [0.3, 0.4) is 0 Å². The summed E-state index contributed by atoms with van der Waals surface area (Å²) in [6.45, 7) is 0. The minimum Gasteiger partial charge on any atom is -0.508 e. The normalized spacial score (nSPS) is 11.7. The smallest absolute Gasteiger partial charge is 0.276 e. The highest BCUT2D eigenvalue weighted by atomic mass is 35.5. The van der Waals surface area contributed by atoms with Gasteiger partial charge < -0.3 is 5.11 Å². The Balaban J connectivity index is 2.11. The monoisotopic (exact) mass is 310 g/mol. The number of nitrogens with one attached hydrogen (secondary N) is 1. The first-order valence-corrected chi connectivity index (χ1v) is 7.43. The van der Waals surface area contributed by atoms with Crippen molar-refractivity contribution in [1.82, 2.24) is 4.83 Å². The van der Waals surface area contributed by atoms with Gasteiger partial charge in [-0.25, -0.2) is 4.83 Å². The Bertz CT molecular complexity index is 728. The van der Waals surface area contributed by atoms with Gasteiger partial charge in [-0.2, -0.15) is 13.5 Å². The van der Waals surface area contributed by atoms with Crippen molar-refractivity contribution in [3.05, 3.63) is 59.1 Å². The van der Waals surface area contributed by atoms with Crippen molar-refractivity contribution in [3.63, 3.8) is 0 Å². The molecule has 2 aromatic carbocycles. The third kappa shape index (κ3) is 3.72. The zero-order chi connectivity index (χ0) is 14.6. The van der Waals surface area contributed by atoms with Crippen molar-refractivity contribution < 1.29 is 13.5 Å². The Morgan fingerprint density at radius 3 is 2.50 bits per heavy atom. The van der Waals surface area contributed by atoms with Crippen molar-refractivity contribution in [1.29, 1.82) is 0 Å². The first-order chi connectivity index (χ1) is 9.47. The molecule has 0 heterocycles. The van der Waals surface area contributed by atoms with Crippen LogP contribution in [0.15, 0.2) is 58.5 Å². The van der Waals surface area contributed by atoms with Crippen LogP contribution in [0.1, 0.15) is 5.56 Å². The molecule has 0 spiro atoms. The highest BCUT2D eigenvalue weighted by Crippen LogP contribution is 2.14. The third-order valence-corrected chi connectivity index (χ3v) is 3.87. The van der Waals surface area contributed by atoms with E-state index in [1.165, 1.54) is 42.6 Å². The van der Waals surface area contributed by atoms with Crippen LogP contribution < -0.4 is 4.83 Å². The highest BCUT2D eigenvalue weighted by molar-refractivity contribution is 7.89. The van der Waals surface area contributed by atoms with E-state index in [0.717, 1.165) is 0 Å². The fraction of sp³-hybridized carbons (Fsp3) is 0. The number of halogens is 1. The van der Waals surface area contributed by atoms with Crippen LogP contribution in [0, 0.1) is 0 Å². The summed E-state index contributed by atoms with van der Waals surface area (Å²) in [5.74, 6) is 0.0782. The number of nitrogens with zero attached hydrogens (tertiary/aromatic N) is 1. The Morgan fingerprint density at radius 2 is 1.85 bits per heavy atom. The molecule has 0 bridgehead atoms. The summed E-state index contributed by atoms with van der Waals surface area (Å²) in [4.78, 5) is 2.14. The zero-order valence-electron chi connectivity index (χ0n) is 10.2. The predicted molar refractivity (Wildman–Crippen MR) is 77.5 cm³/mol. The molecule has 5 nitrogen and oxygen atoms in total. The van der Waals surface area contributed by atoms with Gasteiger partial charge in [0.15, 0.2) is 0 Å². The number of hydrogen-bond acceptors (Lipinski definition) is 4. The third-order valence-electron chi connectivity index (χ3n) is 2.38. The summed E-state index contributed by atoms with van der Waals surface area (Å²) < 4.78 is 23.8. The van der Waals surface area contributed by atoms with E-state index in [1.54, 1.807) is 12.1 Å². The van der Waals surface area contributed by atoms with Crippen molar-refractivity contribution in [2.75, 3.05) is 0 Å². The van der Waals surface area contributed by atoms with Gasteiger partial charge in [-0.1, -0.05) is 23.7 Å². The van der Waals surface area contributed by atoms with Crippen LogP contribution in [-0.2, 0) is 10.0 Å². The van der Waals surface area contributed by atoms with Crippen LogP contribution >= 0.6 is 11.6 Å². The molecule has 0 aromatic heterocycles. The minimum atomic E-state index is -3.73. The Kier molecular flexibility index (Phi) is 4.26. The number of sulfonamides is 1. The zero-order valence-corrected chi connectivity index (χ0v) is 11.8. The SMILES string of the molecule is O=S(=O)(NN=Cc1cccc(O)c1)c1ccc(Cl)cc1. The number of phenolic OH excluding ortho intramolecular Hbond substituents is 1. The molecule has 20 heavy (non-hydrogen) atoms. The molecule has 0 aliphatic carbocycles. The predicted octanol–water partition coefficient (Wildman–Crippen LogP) is 2.36. The van der Waals surface area contributed by atoms with E-state index in [4.69, 9.17) is 11.6 Å². The molecule has 0 atom stereocenters. The molecule has 104 valence electrons. The number of benzene rings is 2. The van der Waals surface area contributed by atoms with Crippen molar-refractivity contribution in [2.45, 2.75) is 4.90 Å². The fourth-order valence-corrected chi connectivity index (χ4v) is 2.36. The summed E-state index contributed by atoms with van der Waals surface area (Å²) in [5.41, 5.74) is 0.573. The Labute approximate surface area is 121 Å². The molecule has 2 aromatic rings. The van der Waals surface area contributed by atoms with E-state index in [9.17, 15) is 13.5 Å². The molecular weight excluding hydrogens is 300 g/mol.